The average molecular weight is 387 g/mol. The molecule has 4 nitrogen and oxygen atoms in total. The first-order valence-corrected chi connectivity index (χ1v) is 8.74. The quantitative estimate of drug-likeness (QED) is 0.866. The lowest BCUT2D eigenvalue weighted by atomic mass is 10.2. The molecule has 2 rings (SSSR count). The number of rotatable bonds is 3. The molecule has 7 heteroatoms. The molecule has 0 aromatic carbocycles. The topological polar surface area (TPSA) is 59.3 Å². The molecule has 96 valence electrons. The van der Waals surface area contributed by atoms with Gasteiger partial charge in [0.2, 0.25) is 0 Å². The Kier molecular flexibility index (Phi) is 4.33. The van der Waals surface area contributed by atoms with Gasteiger partial charge in [-0.15, -0.1) is 0 Å². The second kappa shape index (κ2) is 5.42. The molecule has 1 aromatic heterocycles. The van der Waals surface area contributed by atoms with Crippen molar-refractivity contribution in [1.29, 1.82) is 0 Å². The maximum absolute atomic E-state index is 11.5. The summed E-state index contributed by atoms with van der Waals surface area (Å²) < 4.78 is 29.8. The second-order valence-electron chi connectivity index (χ2n) is 4.17. The zero-order chi connectivity index (χ0) is 12.5. The summed E-state index contributed by atoms with van der Waals surface area (Å²) in [5.74, 6) is 1.34. The van der Waals surface area contributed by atoms with E-state index in [2.05, 4.69) is 37.2 Å². The molecule has 1 aromatic rings. The number of furan rings is 1. The normalized spacial score (nSPS) is 23.8. The SMILES string of the molecule is O=S1(=O)CCCC(NCc2cc(Br)c(Br)o2)C1. The Morgan fingerprint density at radius 2 is 2.24 bits per heavy atom. The van der Waals surface area contributed by atoms with Crippen LogP contribution >= 0.6 is 31.9 Å². The fourth-order valence-corrected chi connectivity index (χ4v) is 4.24. The third-order valence-electron chi connectivity index (χ3n) is 2.72. The Morgan fingerprint density at radius 1 is 1.47 bits per heavy atom. The van der Waals surface area contributed by atoms with E-state index in [9.17, 15) is 8.42 Å². The van der Waals surface area contributed by atoms with Crippen molar-refractivity contribution in [3.8, 4) is 0 Å². The van der Waals surface area contributed by atoms with Crippen LogP contribution in [-0.4, -0.2) is 26.0 Å². The first-order valence-electron chi connectivity index (χ1n) is 5.34. The van der Waals surface area contributed by atoms with Gasteiger partial charge in [-0.3, -0.25) is 0 Å². The maximum atomic E-state index is 11.5. The van der Waals surface area contributed by atoms with Gasteiger partial charge in [-0.1, -0.05) is 0 Å². The fraction of sp³-hybridized carbons (Fsp3) is 0.600. The molecule has 0 spiro atoms. The van der Waals surface area contributed by atoms with Crippen LogP contribution in [0.15, 0.2) is 19.6 Å². The van der Waals surface area contributed by atoms with Crippen molar-refractivity contribution >= 4 is 41.7 Å². The highest BCUT2D eigenvalue weighted by molar-refractivity contribution is 9.13. The molecular weight excluding hydrogens is 374 g/mol. The molecule has 1 aliphatic rings. The molecule has 1 unspecified atom stereocenters. The highest BCUT2D eigenvalue weighted by Gasteiger charge is 2.24. The third kappa shape index (κ3) is 3.81. The van der Waals surface area contributed by atoms with Gasteiger partial charge in [-0.05, 0) is 50.8 Å². The van der Waals surface area contributed by atoms with Crippen molar-refractivity contribution in [2.24, 2.45) is 0 Å². The first-order chi connectivity index (χ1) is 7.96. The van der Waals surface area contributed by atoms with Crippen LogP contribution in [0.5, 0.6) is 0 Å². The highest BCUT2D eigenvalue weighted by Crippen LogP contribution is 2.26. The van der Waals surface area contributed by atoms with Crippen LogP contribution in [0.3, 0.4) is 0 Å². The molecule has 0 radical (unpaired) electrons. The number of nitrogens with one attached hydrogen (secondary N) is 1. The molecule has 2 heterocycles. The molecule has 1 fully saturated rings. The molecule has 1 atom stereocenters. The van der Waals surface area contributed by atoms with E-state index in [1.807, 2.05) is 6.07 Å². The predicted octanol–water partition coefficient (Wildman–Crippen LogP) is 2.47. The lowest BCUT2D eigenvalue weighted by molar-refractivity contribution is 0.424. The standard InChI is InChI=1S/C10H13Br2NO3S/c11-9-4-8(16-10(9)12)5-13-7-2-1-3-17(14,15)6-7/h4,7,13H,1-3,5-6H2. The average Bonchev–Trinajstić information content (AvgIpc) is 2.54. The van der Waals surface area contributed by atoms with E-state index in [-0.39, 0.29) is 11.8 Å². The molecule has 1 saturated heterocycles. The van der Waals surface area contributed by atoms with E-state index in [0.29, 0.717) is 17.0 Å². The van der Waals surface area contributed by atoms with E-state index in [0.717, 1.165) is 23.1 Å². The van der Waals surface area contributed by atoms with Crippen molar-refractivity contribution in [1.82, 2.24) is 5.32 Å². The van der Waals surface area contributed by atoms with Gasteiger partial charge in [0, 0.05) is 6.04 Å². The van der Waals surface area contributed by atoms with Gasteiger partial charge in [0.15, 0.2) is 14.5 Å². The van der Waals surface area contributed by atoms with Crippen molar-refractivity contribution in [3.05, 3.63) is 21.0 Å². The Labute approximate surface area is 117 Å². The number of halogens is 2. The van der Waals surface area contributed by atoms with Gasteiger partial charge in [-0.25, -0.2) is 8.42 Å². The van der Waals surface area contributed by atoms with Gasteiger partial charge in [0.25, 0.3) is 0 Å². The summed E-state index contributed by atoms with van der Waals surface area (Å²) in [7, 11) is -2.85. The molecular formula is C10H13Br2NO3S. The molecule has 0 aliphatic carbocycles. The van der Waals surface area contributed by atoms with Crippen LogP contribution < -0.4 is 5.32 Å². The predicted molar refractivity (Wildman–Crippen MR) is 72.6 cm³/mol. The lowest BCUT2D eigenvalue weighted by Gasteiger charge is -2.22. The zero-order valence-corrected chi connectivity index (χ0v) is 13.1. The second-order valence-corrected chi connectivity index (χ2v) is 7.97. The minimum absolute atomic E-state index is 0.0383. The summed E-state index contributed by atoms with van der Waals surface area (Å²) >= 11 is 6.60. The van der Waals surface area contributed by atoms with Crippen LogP contribution in [0.25, 0.3) is 0 Å². The van der Waals surface area contributed by atoms with E-state index < -0.39 is 9.84 Å². The monoisotopic (exact) mass is 385 g/mol. The molecule has 1 aliphatic heterocycles. The van der Waals surface area contributed by atoms with Crippen LogP contribution in [0, 0.1) is 0 Å². The number of hydrogen-bond acceptors (Lipinski definition) is 4. The molecule has 0 amide bonds. The van der Waals surface area contributed by atoms with Gasteiger partial charge in [-0.2, -0.15) is 0 Å². The summed E-state index contributed by atoms with van der Waals surface area (Å²) in [6, 6.07) is 1.91. The zero-order valence-electron chi connectivity index (χ0n) is 9.08. The summed E-state index contributed by atoms with van der Waals surface area (Å²) in [5, 5.41) is 3.22. The van der Waals surface area contributed by atoms with Gasteiger partial charge in [0.05, 0.1) is 22.5 Å². The summed E-state index contributed by atoms with van der Waals surface area (Å²) in [6.07, 6.45) is 1.65. The third-order valence-corrected chi connectivity index (χ3v) is 6.26. The summed E-state index contributed by atoms with van der Waals surface area (Å²) in [6.45, 7) is 0.546. The van der Waals surface area contributed by atoms with Crippen LogP contribution in [0.4, 0.5) is 0 Å². The lowest BCUT2D eigenvalue weighted by Crippen LogP contribution is -2.39. The maximum Gasteiger partial charge on any atom is 0.183 e. The molecule has 1 N–H and O–H groups in total. The molecule has 0 saturated carbocycles. The molecule has 17 heavy (non-hydrogen) atoms. The number of hydrogen-bond donors (Lipinski definition) is 1. The van der Waals surface area contributed by atoms with Crippen LogP contribution in [-0.2, 0) is 16.4 Å². The summed E-state index contributed by atoms with van der Waals surface area (Å²) in [4.78, 5) is 0. The van der Waals surface area contributed by atoms with Crippen LogP contribution in [0.1, 0.15) is 18.6 Å². The van der Waals surface area contributed by atoms with Gasteiger partial charge in [0.1, 0.15) is 5.76 Å². The van der Waals surface area contributed by atoms with Crippen LogP contribution in [0.2, 0.25) is 0 Å². The van der Waals surface area contributed by atoms with Crippen molar-refractivity contribution in [2.75, 3.05) is 11.5 Å². The van der Waals surface area contributed by atoms with Crippen molar-refractivity contribution < 1.29 is 12.8 Å². The summed E-state index contributed by atoms with van der Waals surface area (Å²) in [5.41, 5.74) is 0. The Morgan fingerprint density at radius 3 is 2.82 bits per heavy atom. The van der Waals surface area contributed by atoms with Gasteiger partial charge >= 0.3 is 0 Å². The van der Waals surface area contributed by atoms with Crippen molar-refractivity contribution in [3.63, 3.8) is 0 Å². The first kappa shape index (κ1) is 13.6. The van der Waals surface area contributed by atoms with E-state index in [1.165, 1.54) is 0 Å². The minimum Gasteiger partial charge on any atom is -0.452 e. The Hall–Kier alpha value is 0.150. The van der Waals surface area contributed by atoms with E-state index >= 15 is 0 Å². The van der Waals surface area contributed by atoms with E-state index in [1.54, 1.807) is 0 Å². The fourth-order valence-electron chi connectivity index (χ4n) is 1.91. The Balaban J connectivity index is 1.90. The minimum atomic E-state index is -2.85. The highest BCUT2D eigenvalue weighted by atomic mass is 79.9. The van der Waals surface area contributed by atoms with Gasteiger partial charge < -0.3 is 9.73 Å². The number of sulfone groups is 1. The van der Waals surface area contributed by atoms with E-state index in [4.69, 9.17) is 4.42 Å². The Bertz CT molecular complexity index is 478. The largest absolute Gasteiger partial charge is 0.452 e. The van der Waals surface area contributed by atoms with Crippen molar-refractivity contribution in [2.45, 2.75) is 25.4 Å². The molecule has 0 bridgehead atoms. The smallest absolute Gasteiger partial charge is 0.183 e.